The second kappa shape index (κ2) is 5.80. The van der Waals surface area contributed by atoms with Crippen LogP contribution in [0.3, 0.4) is 0 Å². The van der Waals surface area contributed by atoms with Crippen LogP contribution in [-0.2, 0) is 6.54 Å². The number of nitrogens with zero attached hydrogens (tertiary/aromatic N) is 3. The minimum Gasteiger partial charge on any atom is -0.299 e. The van der Waals surface area contributed by atoms with Crippen LogP contribution in [0.5, 0.6) is 0 Å². The molecule has 0 atom stereocenters. The van der Waals surface area contributed by atoms with Crippen molar-refractivity contribution in [2.24, 2.45) is 0 Å². The number of carbonyl (C=O) groups excluding carboxylic acids is 1. The molecule has 1 heterocycles. The zero-order valence-electron chi connectivity index (χ0n) is 10.5. The van der Waals surface area contributed by atoms with E-state index in [-0.39, 0.29) is 18.5 Å². The Kier molecular flexibility index (Phi) is 3.91. The Morgan fingerprint density at radius 1 is 1.15 bits per heavy atom. The van der Waals surface area contributed by atoms with E-state index >= 15 is 0 Å². The van der Waals surface area contributed by atoms with E-state index in [1.54, 1.807) is 18.2 Å². The third-order valence-electron chi connectivity index (χ3n) is 2.74. The van der Waals surface area contributed by atoms with Gasteiger partial charge in [-0.2, -0.15) is 9.83 Å². The van der Waals surface area contributed by atoms with Gasteiger partial charge >= 0.3 is 5.69 Å². The van der Waals surface area contributed by atoms with Crippen LogP contribution in [0.2, 0.25) is 0 Å². The summed E-state index contributed by atoms with van der Waals surface area (Å²) in [5, 5.41) is 8.53. The number of rotatable bonds is 3. The van der Waals surface area contributed by atoms with Gasteiger partial charge in [-0.15, -0.1) is 0 Å². The number of carbonyl (C=O) groups is 1. The average molecular weight is 269 g/mol. The van der Waals surface area contributed by atoms with Gasteiger partial charge in [-0.1, -0.05) is 18.2 Å². The number of nitriles is 1. The molecule has 20 heavy (non-hydrogen) atoms. The standard InChI is InChI=1S/C14H11N3O3/c15-8-4-9-16-10-7-12(18)17(14(16)20)13(19)11-5-2-1-3-6-11/h1-3,5-7,10H,4,9H2. The number of aromatic nitrogens is 2. The van der Waals surface area contributed by atoms with Gasteiger partial charge in [-0.25, -0.2) is 4.79 Å². The second-order valence-electron chi connectivity index (χ2n) is 4.04. The normalized spacial score (nSPS) is 9.95. The Balaban J connectivity index is 2.52. The van der Waals surface area contributed by atoms with Crippen molar-refractivity contribution in [2.75, 3.05) is 0 Å². The van der Waals surface area contributed by atoms with E-state index in [9.17, 15) is 14.4 Å². The van der Waals surface area contributed by atoms with E-state index in [0.29, 0.717) is 4.57 Å². The van der Waals surface area contributed by atoms with Gasteiger partial charge < -0.3 is 0 Å². The Morgan fingerprint density at radius 2 is 1.85 bits per heavy atom. The van der Waals surface area contributed by atoms with Crippen molar-refractivity contribution in [3.8, 4) is 6.07 Å². The van der Waals surface area contributed by atoms with Gasteiger partial charge in [-0.3, -0.25) is 14.2 Å². The first-order valence-electron chi connectivity index (χ1n) is 5.94. The van der Waals surface area contributed by atoms with Gasteiger partial charge in [0.15, 0.2) is 0 Å². The molecule has 100 valence electrons. The first-order valence-corrected chi connectivity index (χ1v) is 5.94. The quantitative estimate of drug-likeness (QED) is 0.817. The van der Waals surface area contributed by atoms with Crippen LogP contribution in [0.25, 0.3) is 0 Å². The molecule has 1 aromatic heterocycles. The molecule has 0 spiro atoms. The van der Waals surface area contributed by atoms with Gasteiger partial charge in [-0.05, 0) is 12.1 Å². The second-order valence-corrected chi connectivity index (χ2v) is 4.04. The van der Waals surface area contributed by atoms with Crippen molar-refractivity contribution in [3.05, 3.63) is 69.0 Å². The number of benzene rings is 1. The number of hydrogen-bond donors (Lipinski definition) is 0. The van der Waals surface area contributed by atoms with Crippen LogP contribution in [-0.4, -0.2) is 15.0 Å². The molecule has 0 bridgehead atoms. The lowest BCUT2D eigenvalue weighted by molar-refractivity contribution is 0.0948. The maximum Gasteiger partial charge on any atom is 0.338 e. The zero-order valence-corrected chi connectivity index (χ0v) is 10.5. The van der Waals surface area contributed by atoms with E-state index in [4.69, 9.17) is 5.26 Å². The largest absolute Gasteiger partial charge is 0.338 e. The van der Waals surface area contributed by atoms with Crippen molar-refractivity contribution in [2.45, 2.75) is 13.0 Å². The van der Waals surface area contributed by atoms with Gasteiger partial charge in [0.1, 0.15) is 0 Å². The van der Waals surface area contributed by atoms with Gasteiger partial charge in [0.25, 0.3) is 11.5 Å². The highest BCUT2D eigenvalue weighted by Gasteiger charge is 2.14. The summed E-state index contributed by atoms with van der Waals surface area (Å²) in [7, 11) is 0. The van der Waals surface area contributed by atoms with Crippen molar-refractivity contribution in [1.29, 1.82) is 5.26 Å². The van der Waals surface area contributed by atoms with Gasteiger partial charge in [0.2, 0.25) is 0 Å². The van der Waals surface area contributed by atoms with Crippen LogP contribution in [0, 0.1) is 11.3 Å². The van der Waals surface area contributed by atoms with Crippen molar-refractivity contribution >= 4 is 5.91 Å². The summed E-state index contributed by atoms with van der Waals surface area (Å²) in [5.74, 6) is -0.674. The molecule has 6 heteroatoms. The Labute approximate surface area is 114 Å². The SMILES string of the molecule is N#CCCn1ccc(=O)n(C(=O)c2ccccc2)c1=O. The topological polar surface area (TPSA) is 84.9 Å². The highest BCUT2D eigenvalue weighted by atomic mass is 16.2. The van der Waals surface area contributed by atoms with Crippen molar-refractivity contribution in [1.82, 2.24) is 9.13 Å². The molecule has 2 aromatic rings. The van der Waals surface area contributed by atoms with Crippen LogP contribution in [0.15, 0.2) is 52.2 Å². The van der Waals surface area contributed by atoms with E-state index in [1.165, 1.54) is 22.9 Å². The highest BCUT2D eigenvalue weighted by molar-refractivity contribution is 5.95. The van der Waals surface area contributed by atoms with E-state index < -0.39 is 17.2 Å². The molecule has 2 rings (SSSR count). The first-order chi connectivity index (χ1) is 9.65. The molecule has 0 radical (unpaired) electrons. The molecular weight excluding hydrogens is 258 g/mol. The summed E-state index contributed by atoms with van der Waals surface area (Å²) >= 11 is 0. The Hall–Kier alpha value is -2.94. The highest BCUT2D eigenvalue weighted by Crippen LogP contribution is 1.99. The van der Waals surface area contributed by atoms with Crippen LogP contribution < -0.4 is 11.2 Å². The summed E-state index contributed by atoms with van der Waals surface area (Å²) < 4.78 is 1.75. The molecular formula is C14H11N3O3. The summed E-state index contributed by atoms with van der Waals surface area (Å²) in [6.07, 6.45) is 1.41. The predicted molar refractivity (Wildman–Crippen MR) is 71.4 cm³/mol. The minimum atomic E-state index is -0.735. The zero-order chi connectivity index (χ0) is 14.5. The number of aryl methyl sites for hydroxylation is 1. The maximum atomic E-state index is 12.2. The molecule has 0 fully saturated rings. The molecule has 6 nitrogen and oxygen atoms in total. The molecule has 0 unspecified atom stereocenters. The number of hydrogen-bond acceptors (Lipinski definition) is 4. The fourth-order valence-corrected chi connectivity index (χ4v) is 1.75. The minimum absolute atomic E-state index is 0.123. The lowest BCUT2D eigenvalue weighted by Gasteiger charge is -2.07. The summed E-state index contributed by atoms with van der Waals surface area (Å²) in [4.78, 5) is 36.0. The van der Waals surface area contributed by atoms with Gasteiger partial charge in [0.05, 0.1) is 12.5 Å². The van der Waals surface area contributed by atoms with Crippen LogP contribution >= 0.6 is 0 Å². The van der Waals surface area contributed by atoms with Crippen LogP contribution in [0.1, 0.15) is 16.8 Å². The lowest BCUT2D eigenvalue weighted by atomic mass is 10.2. The Morgan fingerprint density at radius 3 is 2.50 bits per heavy atom. The fraction of sp³-hybridized carbons (Fsp3) is 0.143. The molecule has 0 amide bonds. The average Bonchev–Trinajstić information content (AvgIpc) is 2.47. The molecule has 0 saturated carbocycles. The maximum absolute atomic E-state index is 12.2. The summed E-state index contributed by atoms with van der Waals surface area (Å²) in [5.41, 5.74) is -1.16. The fourth-order valence-electron chi connectivity index (χ4n) is 1.75. The molecule has 0 saturated heterocycles. The third-order valence-corrected chi connectivity index (χ3v) is 2.74. The molecule has 0 aliphatic carbocycles. The molecule has 1 aromatic carbocycles. The van der Waals surface area contributed by atoms with E-state index in [2.05, 4.69) is 0 Å². The van der Waals surface area contributed by atoms with Crippen LogP contribution in [0.4, 0.5) is 0 Å². The Bertz CT molecular complexity index is 782. The van der Waals surface area contributed by atoms with Crippen molar-refractivity contribution in [3.63, 3.8) is 0 Å². The van der Waals surface area contributed by atoms with E-state index in [0.717, 1.165) is 6.07 Å². The molecule has 0 N–H and O–H groups in total. The lowest BCUT2D eigenvalue weighted by Crippen LogP contribution is -2.43. The first kappa shape index (κ1) is 13.5. The van der Waals surface area contributed by atoms with Gasteiger partial charge in [0, 0.05) is 24.4 Å². The van der Waals surface area contributed by atoms with Crippen molar-refractivity contribution < 1.29 is 4.79 Å². The monoisotopic (exact) mass is 269 g/mol. The molecule has 0 aliphatic heterocycles. The predicted octanol–water partition coefficient (Wildman–Crippen LogP) is 0.612. The molecule has 0 aliphatic rings. The summed E-state index contributed by atoms with van der Waals surface area (Å²) in [6.45, 7) is 0.137. The van der Waals surface area contributed by atoms with E-state index in [1.807, 2.05) is 6.07 Å². The smallest absolute Gasteiger partial charge is 0.299 e. The summed E-state index contributed by atoms with van der Waals surface area (Å²) in [6, 6.07) is 11.1. The third kappa shape index (κ3) is 2.57.